The first kappa shape index (κ1) is 13.9. The number of ether oxygens (including phenoxy) is 1. The van der Waals surface area contributed by atoms with E-state index in [2.05, 4.69) is 14.9 Å². The number of nitrogens with two attached hydrogens (primary N) is 1. The van der Waals surface area contributed by atoms with Crippen molar-refractivity contribution in [3.05, 3.63) is 11.9 Å². The van der Waals surface area contributed by atoms with Crippen molar-refractivity contribution in [2.45, 2.75) is 19.0 Å². The maximum Gasteiger partial charge on any atom is 0.451 e. The first-order valence-corrected chi connectivity index (χ1v) is 6.02. The van der Waals surface area contributed by atoms with Crippen molar-refractivity contribution in [1.82, 2.24) is 14.9 Å². The van der Waals surface area contributed by atoms with E-state index < -0.39 is 12.0 Å². The molecule has 1 fully saturated rings. The Morgan fingerprint density at radius 1 is 1.26 bits per heavy atom. The predicted molar refractivity (Wildman–Crippen MR) is 62.6 cm³/mol. The number of hydrogen-bond donors (Lipinski definition) is 1. The number of nitrogens with zero attached hydrogens (tertiary/aromatic N) is 3. The summed E-state index contributed by atoms with van der Waals surface area (Å²) < 4.78 is 42.6. The largest absolute Gasteiger partial charge is 0.476 e. The van der Waals surface area contributed by atoms with E-state index in [0.717, 1.165) is 25.9 Å². The molecular formula is C11H15F3N4O. The summed E-state index contributed by atoms with van der Waals surface area (Å²) in [6.07, 6.45) is -2.32. The second-order valence-corrected chi connectivity index (χ2v) is 4.35. The molecular weight excluding hydrogens is 261 g/mol. The van der Waals surface area contributed by atoms with Gasteiger partial charge in [-0.2, -0.15) is 18.2 Å². The van der Waals surface area contributed by atoms with Crippen LogP contribution in [0.1, 0.15) is 18.7 Å². The Morgan fingerprint density at radius 3 is 2.58 bits per heavy atom. The number of aromatic nitrogens is 2. The second kappa shape index (κ2) is 5.60. The standard InChI is InChI=1S/C11H15F3N4O/c12-11(13,14)10-16-8(15)7-9(17-10)19-6-5-18-3-1-2-4-18/h7H,1-6H2,(H2,15,16,17). The number of hydrogen-bond acceptors (Lipinski definition) is 5. The van der Waals surface area contributed by atoms with Gasteiger partial charge in [0.25, 0.3) is 0 Å². The van der Waals surface area contributed by atoms with Crippen LogP contribution in [0.4, 0.5) is 19.0 Å². The van der Waals surface area contributed by atoms with Gasteiger partial charge in [0.15, 0.2) is 0 Å². The zero-order chi connectivity index (χ0) is 13.9. The summed E-state index contributed by atoms with van der Waals surface area (Å²) in [5.74, 6) is -1.67. The van der Waals surface area contributed by atoms with E-state index in [-0.39, 0.29) is 18.3 Å². The minimum Gasteiger partial charge on any atom is -0.476 e. The van der Waals surface area contributed by atoms with E-state index in [4.69, 9.17) is 10.5 Å². The molecule has 2 heterocycles. The van der Waals surface area contributed by atoms with Gasteiger partial charge in [-0.1, -0.05) is 0 Å². The predicted octanol–water partition coefficient (Wildman–Crippen LogP) is 1.55. The Hall–Kier alpha value is -1.57. The summed E-state index contributed by atoms with van der Waals surface area (Å²) in [6.45, 7) is 2.96. The highest BCUT2D eigenvalue weighted by atomic mass is 19.4. The van der Waals surface area contributed by atoms with E-state index in [1.165, 1.54) is 6.07 Å². The molecule has 0 aliphatic carbocycles. The van der Waals surface area contributed by atoms with Crippen LogP contribution in [0, 0.1) is 0 Å². The van der Waals surface area contributed by atoms with Gasteiger partial charge >= 0.3 is 6.18 Å². The van der Waals surface area contributed by atoms with Crippen LogP contribution in [0.3, 0.4) is 0 Å². The fraction of sp³-hybridized carbons (Fsp3) is 0.636. The minimum atomic E-state index is -4.62. The fourth-order valence-electron chi connectivity index (χ4n) is 1.93. The highest BCUT2D eigenvalue weighted by Gasteiger charge is 2.35. The maximum absolute atomic E-state index is 12.5. The molecule has 1 aliphatic heterocycles. The van der Waals surface area contributed by atoms with E-state index in [1.54, 1.807) is 0 Å². The molecule has 0 spiro atoms. The third-order valence-corrected chi connectivity index (χ3v) is 2.83. The molecule has 0 aromatic carbocycles. The van der Waals surface area contributed by atoms with Gasteiger partial charge in [-0.3, -0.25) is 4.90 Å². The van der Waals surface area contributed by atoms with Crippen molar-refractivity contribution in [2.75, 3.05) is 32.0 Å². The van der Waals surface area contributed by atoms with Gasteiger partial charge in [0.05, 0.1) is 0 Å². The summed E-state index contributed by atoms with van der Waals surface area (Å²) in [4.78, 5) is 8.64. The summed E-state index contributed by atoms with van der Waals surface area (Å²) in [5, 5.41) is 0. The molecule has 0 radical (unpaired) electrons. The molecule has 1 aliphatic rings. The molecule has 2 rings (SSSR count). The Labute approximate surface area is 108 Å². The summed E-state index contributed by atoms with van der Waals surface area (Å²) in [5.41, 5.74) is 5.31. The van der Waals surface area contributed by atoms with Crippen molar-refractivity contribution < 1.29 is 17.9 Å². The molecule has 0 bridgehead atoms. The zero-order valence-corrected chi connectivity index (χ0v) is 10.3. The fourth-order valence-corrected chi connectivity index (χ4v) is 1.93. The van der Waals surface area contributed by atoms with E-state index in [9.17, 15) is 13.2 Å². The normalized spacial score (nSPS) is 16.8. The molecule has 8 heteroatoms. The van der Waals surface area contributed by atoms with Crippen LogP contribution in [0.25, 0.3) is 0 Å². The molecule has 0 amide bonds. The van der Waals surface area contributed by atoms with Gasteiger partial charge in [-0.15, -0.1) is 0 Å². The van der Waals surface area contributed by atoms with Crippen LogP contribution in [0.2, 0.25) is 0 Å². The van der Waals surface area contributed by atoms with Gasteiger partial charge in [0, 0.05) is 12.6 Å². The second-order valence-electron chi connectivity index (χ2n) is 4.35. The number of halogens is 3. The van der Waals surface area contributed by atoms with Crippen LogP contribution in [-0.2, 0) is 6.18 Å². The number of anilines is 1. The Morgan fingerprint density at radius 2 is 1.95 bits per heavy atom. The molecule has 5 nitrogen and oxygen atoms in total. The summed E-state index contributed by atoms with van der Waals surface area (Å²) in [6, 6.07) is 1.19. The molecule has 106 valence electrons. The number of rotatable bonds is 4. The lowest BCUT2D eigenvalue weighted by molar-refractivity contribution is -0.145. The van der Waals surface area contributed by atoms with Crippen molar-refractivity contribution in [2.24, 2.45) is 0 Å². The maximum atomic E-state index is 12.5. The van der Waals surface area contributed by atoms with Crippen LogP contribution in [-0.4, -0.2) is 41.1 Å². The third-order valence-electron chi connectivity index (χ3n) is 2.83. The average molecular weight is 276 g/mol. The van der Waals surface area contributed by atoms with Crippen molar-refractivity contribution >= 4 is 5.82 Å². The number of nitrogen functional groups attached to an aromatic ring is 1. The van der Waals surface area contributed by atoms with E-state index in [0.29, 0.717) is 6.54 Å². The van der Waals surface area contributed by atoms with Crippen molar-refractivity contribution in [3.63, 3.8) is 0 Å². The lowest BCUT2D eigenvalue weighted by atomic mass is 10.4. The summed E-state index contributed by atoms with van der Waals surface area (Å²) in [7, 11) is 0. The zero-order valence-electron chi connectivity index (χ0n) is 10.3. The Balaban J connectivity index is 1.94. The SMILES string of the molecule is Nc1cc(OCCN2CCCC2)nc(C(F)(F)F)n1. The van der Waals surface area contributed by atoms with Gasteiger partial charge in [-0.05, 0) is 25.9 Å². The third kappa shape index (κ3) is 3.95. The summed E-state index contributed by atoms with van der Waals surface area (Å²) >= 11 is 0. The van der Waals surface area contributed by atoms with Gasteiger partial charge in [0.1, 0.15) is 12.4 Å². The molecule has 2 N–H and O–H groups in total. The first-order chi connectivity index (χ1) is 8.95. The van der Waals surface area contributed by atoms with Crippen LogP contribution in [0.15, 0.2) is 6.07 Å². The number of likely N-dealkylation sites (tertiary alicyclic amines) is 1. The van der Waals surface area contributed by atoms with E-state index >= 15 is 0 Å². The molecule has 0 saturated carbocycles. The number of alkyl halides is 3. The van der Waals surface area contributed by atoms with Gasteiger partial charge < -0.3 is 10.5 Å². The lowest BCUT2D eigenvalue weighted by Crippen LogP contribution is -2.25. The molecule has 1 aromatic rings. The van der Waals surface area contributed by atoms with Crippen molar-refractivity contribution in [1.29, 1.82) is 0 Å². The molecule has 1 aromatic heterocycles. The monoisotopic (exact) mass is 276 g/mol. The Bertz CT molecular complexity index is 432. The quantitative estimate of drug-likeness (QED) is 0.904. The first-order valence-electron chi connectivity index (χ1n) is 6.02. The van der Waals surface area contributed by atoms with Crippen LogP contribution < -0.4 is 10.5 Å². The minimum absolute atomic E-state index is 0.140. The smallest absolute Gasteiger partial charge is 0.451 e. The van der Waals surface area contributed by atoms with Crippen molar-refractivity contribution in [3.8, 4) is 5.88 Å². The average Bonchev–Trinajstić information content (AvgIpc) is 2.80. The highest BCUT2D eigenvalue weighted by Crippen LogP contribution is 2.28. The van der Waals surface area contributed by atoms with Crippen LogP contribution in [0.5, 0.6) is 5.88 Å². The highest BCUT2D eigenvalue weighted by molar-refractivity contribution is 5.33. The molecule has 1 saturated heterocycles. The Kier molecular flexibility index (Phi) is 4.08. The van der Waals surface area contributed by atoms with Crippen LogP contribution >= 0.6 is 0 Å². The molecule has 0 atom stereocenters. The van der Waals surface area contributed by atoms with E-state index in [1.807, 2.05) is 0 Å². The molecule has 0 unspecified atom stereocenters. The van der Waals surface area contributed by atoms with Gasteiger partial charge in [0.2, 0.25) is 11.7 Å². The van der Waals surface area contributed by atoms with Gasteiger partial charge in [-0.25, -0.2) is 4.98 Å². The lowest BCUT2D eigenvalue weighted by Gasteiger charge is -2.15. The topological polar surface area (TPSA) is 64.3 Å². The molecule has 19 heavy (non-hydrogen) atoms.